The second kappa shape index (κ2) is 8.49. The highest BCUT2D eigenvalue weighted by atomic mass is 32.2. The predicted octanol–water partition coefficient (Wildman–Crippen LogP) is 2.45. The van der Waals surface area contributed by atoms with Crippen LogP contribution in [0.25, 0.3) is 26.9 Å². The van der Waals surface area contributed by atoms with E-state index in [9.17, 15) is 22.4 Å². The summed E-state index contributed by atoms with van der Waals surface area (Å²) in [5.74, 6) is -1.67. The average Bonchev–Trinajstić information content (AvgIpc) is 2.76. The number of carbonyl (C=O) groups excluding carboxylic acids is 1. The van der Waals surface area contributed by atoms with Crippen LogP contribution in [0, 0.1) is 12.4 Å². The molecule has 9 nitrogen and oxygen atoms in total. The molecule has 1 amide bonds. The molecule has 3 rings (SSSR count). The number of nitrogens with zero attached hydrogens (tertiary/aromatic N) is 3. The van der Waals surface area contributed by atoms with Crippen molar-refractivity contribution in [3.05, 3.63) is 70.3 Å². The fourth-order valence-corrected chi connectivity index (χ4v) is 4.06. The molecule has 166 valence electrons. The Kier molecular flexibility index (Phi) is 6.11. The maximum Gasteiger partial charge on any atom is 0.264 e. The maximum absolute atomic E-state index is 14.3. The molecule has 0 unspecified atom stereocenters. The van der Waals surface area contributed by atoms with Gasteiger partial charge in [-0.3, -0.25) is 19.4 Å². The number of hydrogen-bond donors (Lipinski definition) is 2. The summed E-state index contributed by atoms with van der Waals surface area (Å²) in [5.41, 5.74) is 2.09. The monoisotopic (exact) mass is 458 g/mol. The van der Waals surface area contributed by atoms with E-state index in [1.54, 1.807) is 6.07 Å². The highest BCUT2D eigenvalue weighted by molar-refractivity contribution is 7.92. The van der Waals surface area contributed by atoms with Crippen LogP contribution in [0.3, 0.4) is 0 Å². The minimum atomic E-state index is -3.91. The van der Waals surface area contributed by atoms with Gasteiger partial charge in [0, 0.05) is 18.4 Å². The molecule has 3 aromatic rings. The Morgan fingerprint density at radius 3 is 2.62 bits per heavy atom. The number of nitrogens with one attached hydrogen (secondary N) is 1. The molecule has 0 saturated heterocycles. The van der Waals surface area contributed by atoms with E-state index in [1.165, 1.54) is 40.6 Å². The number of halogens is 1. The van der Waals surface area contributed by atoms with Crippen LogP contribution in [-0.2, 0) is 21.2 Å². The van der Waals surface area contributed by atoms with E-state index in [1.807, 2.05) is 0 Å². The summed E-state index contributed by atoms with van der Waals surface area (Å²) < 4.78 is 37.7. The number of hydrogen-bond acceptors (Lipinski definition) is 6. The zero-order valence-electron chi connectivity index (χ0n) is 17.2. The number of aryl methyl sites for hydroxylation is 1. The molecule has 0 saturated carbocycles. The highest BCUT2D eigenvalue weighted by Gasteiger charge is 2.43. The van der Waals surface area contributed by atoms with E-state index in [4.69, 9.17) is 11.8 Å². The first kappa shape index (κ1) is 23.1. The Morgan fingerprint density at radius 2 is 2.03 bits per heavy atom. The molecule has 0 bridgehead atoms. The van der Waals surface area contributed by atoms with Gasteiger partial charge < -0.3 is 0 Å². The van der Waals surface area contributed by atoms with E-state index >= 15 is 0 Å². The molecule has 2 aromatic carbocycles. The molecule has 1 aromatic heterocycles. The molecular formula is C21H19FN4O5S. The lowest BCUT2D eigenvalue weighted by Gasteiger charge is -2.25. The van der Waals surface area contributed by atoms with Crippen LogP contribution in [0.15, 0.2) is 47.5 Å². The van der Waals surface area contributed by atoms with Crippen molar-refractivity contribution in [1.29, 1.82) is 0 Å². The molecule has 0 aliphatic rings. The number of benzene rings is 2. The van der Waals surface area contributed by atoms with E-state index in [0.717, 1.165) is 19.2 Å². The first-order chi connectivity index (χ1) is 15.0. The zero-order chi connectivity index (χ0) is 23.7. The van der Waals surface area contributed by atoms with E-state index < -0.39 is 31.9 Å². The van der Waals surface area contributed by atoms with Gasteiger partial charge in [-0.1, -0.05) is 18.2 Å². The second-order valence-electron chi connectivity index (χ2n) is 7.44. The fraction of sp³-hybridized carbons (Fsp3) is 0.238. The van der Waals surface area contributed by atoms with Crippen molar-refractivity contribution in [1.82, 2.24) is 15.0 Å². The number of carbonyl (C=O) groups is 1. The minimum absolute atomic E-state index is 0.146. The first-order valence-corrected chi connectivity index (χ1v) is 11.2. The van der Waals surface area contributed by atoms with Crippen LogP contribution in [-0.4, -0.2) is 40.1 Å². The topological polar surface area (TPSA) is 123 Å². The van der Waals surface area contributed by atoms with Crippen LogP contribution in [0.2, 0.25) is 0 Å². The maximum atomic E-state index is 14.3. The van der Waals surface area contributed by atoms with Crippen LogP contribution in [0.1, 0.15) is 13.3 Å². The van der Waals surface area contributed by atoms with Crippen molar-refractivity contribution in [2.45, 2.75) is 24.6 Å². The van der Waals surface area contributed by atoms with Crippen molar-refractivity contribution >= 4 is 32.3 Å². The Morgan fingerprint density at radius 1 is 1.31 bits per heavy atom. The summed E-state index contributed by atoms with van der Waals surface area (Å²) in [7, 11) is -3.91. The molecule has 32 heavy (non-hydrogen) atoms. The number of fused-ring (bicyclic) bond motifs is 1. The third kappa shape index (κ3) is 4.10. The van der Waals surface area contributed by atoms with Gasteiger partial charge in [0.1, 0.15) is 5.82 Å². The SMILES string of the molecule is [C-]#[N+]c1ccc(-c2ccc3c(=O)n(CC[C@](C)(C(=O)NO)S(C)(=O)=O)cnc3c2)c(F)c1. The smallest absolute Gasteiger partial charge is 0.264 e. The third-order valence-electron chi connectivity index (χ3n) is 5.45. The normalized spacial score (nSPS) is 13.3. The molecule has 1 atom stereocenters. The van der Waals surface area contributed by atoms with Crippen molar-refractivity contribution in [3.8, 4) is 11.1 Å². The van der Waals surface area contributed by atoms with E-state index in [-0.39, 0.29) is 29.6 Å². The van der Waals surface area contributed by atoms with Gasteiger partial charge in [-0.25, -0.2) is 28.1 Å². The lowest BCUT2D eigenvalue weighted by Crippen LogP contribution is -2.50. The molecule has 0 fully saturated rings. The Balaban J connectivity index is 1.97. The highest BCUT2D eigenvalue weighted by Crippen LogP contribution is 2.28. The van der Waals surface area contributed by atoms with Crippen LogP contribution >= 0.6 is 0 Å². The summed E-state index contributed by atoms with van der Waals surface area (Å²) in [6.07, 6.45) is 1.81. The lowest BCUT2D eigenvalue weighted by atomic mass is 10.0. The molecule has 2 N–H and O–H groups in total. The number of hydroxylamine groups is 1. The van der Waals surface area contributed by atoms with Gasteiger partial charge in [0.05, 0.1) is 23.8 Å². The van der Waals surface area contributed by atoms with Crippen molar-refractivity contribution < 1.29 is 22.8 Å². The summed E-state index contributed by atoms with van der Waals surface area (Å²) in [6.45, 7) is 7.97. The Hall–Kier alpha value is -3.62. The largest absolute Gasteiger partial charge is 0.299 e. The van der Waals surface area contributed by atoms with E-state index in [0.29, 0.717) is 11.1 Å². The summed E-state index contributed by atoms with van der Waals surface area (Å²) in [6, 6.07) is 8.65. The molecular weight excluding hydrogens is 439 g/mol. The number of rotatable bonds is 6. The number of aromatic nitrogens is 2. The van der Waals surface area contributed by atoms with Crippen molar-refractivity contribution in [3.63, 3.8) is 0 Å². The van der Waals surface area contributed by atoms with Gasteiger partial charge in [-0.2, -0.15) is 0 Å². The average molecular weight is 458 g/mol. The van der Waals surface area contributed by atoms with Gasteiger partial charge in [-0.05, 0) is 37.1 Å². The van der Waals surface area contributed by atoms with Crippen molar-refractivity contribution in [2.75, 3.05) is 6.26 Å². The third-order valence-corrected chi connectivity index (χ3v) is 7.47. The molecule has 0 aliphatic heterocycles. The quantitative estimate of drug-likeness (QED) is 0.332. The molecule has 0 spiro atoms. The number of amides is 1. The minimum Gasteiger partial charge on any atom is -0.299 e. The van der Waals surface area contributed by atoms with Gasteiger partial charge in [-0.15, -0.1) is 0 Å². The van der Waals surface area contributed by atoms with Crippen molar-refractivity contribution in [2.24, 2.45) is 0 Å². The van der Waals surface area contributed by atoms with E-state index in [2.05, 4.69) is 9.83 Å². The molecule has 11 heteroatoms. The van der Waals surface area contributed by atoms with Crippen LogP contribution in [0.4, 0.5) is 10.1 Å². The predicted molar refractivity (Wildman–Crippen MR) is 115 cm³/mol. The zero-order valence-corrected chi connectivity index (χ0v) is 18.0. The van der Waals surface area contributed by atoms with Crippen LogP contribution in [0.5, 0.6) is 0 Å². The first-order valence-electron chi connectivity index (χ1n) is 9.32. The molecule has 0 radical (unpaired) electrons. The standard InChI is InChI=1S/C21H19FN4O5S/c1-21(20(28)25-29,32(3,30)31)8-9-26-12-24-18-10-13(4-6-16(18)19(26)27)15-7-5-14(23-2)11-17(15)22/h4-7,10-12,29H,8-9H2,1,3H3,(H,25,28)/t21-/m1/s1. The molecule has 1 heterocycles. The van der Waals surface area contributed by atoms with Gasteiger partial charge in [0.25, 0.3) is 11.5 Å². The van der Waals surface area contributed by atoms with Gasteiger partial charge in [0.15, 0.2) is 20.3 Å². The summed E-state index contributed by atoms with van der Waals surface area (Å²) in [4.78, 5) is 32.2. The number of sulfone groups is 1. The Labute approximate surface area is 182 Å². The fourth-order valence-electron chi connectivity index (χ4n) is 3.21. The molecule has 0 aliphatic carbocycles. The Bertz CT molecular complexity index is 1430. The van der Waals surface area contributed by atoms with Gasteiger partial charge in [0.2, 0.25) is 0 Å². The summed E-state index contributed by atoms with van der Waals surface area (Å²) in [5, 5.41) is 9.13. The summed E-state index contributed by atoms with van der Waals surface area (Å²) >= 11 is 0. The second-order valence-corrected chi connectivity index (χ2v) is 9.89. The lowest BCUT2D eigenvalue weighted by molar-refractivity contribution is -0.131. The van der Waals surface area contributed by atoms with Gasteiger partial charge >= 0.3 is 0 Å². The van der Waals surface area contributed by atoms with Crippen LogP contribution < -0.4 is 11.0 Å².